The van der Waals surface area contributed by atoms with Gasteiger partial charge in [-0.05, 0) is 24.6 Å². The van der Waals surface area contributed by atoms with Crippen molar-refractivity contribution in [1.82, 2.24) is 0 Å². The smallest absolute Gasteiger partial charge is 0.234 e. The van der Waals surface area contributed by atoms with Crippen molar-refractivity contribution in [2.75, 3.05) is 11.4 Å². The molecule has 4 heteroatoms. The van der Waals surface area contributed by atoms with Gasteiger partial charge < -0.3 is 4.90 Å². The van der Waals surface area contributed by atoms with E-state index in [1.165, 1.54) is 0 Å². The van der Waals surface area contributed by atoms with E-state index in [2.05, 4.69) is 0 Å². The number of carbonyl (C=O) groups is 2. The first-order valence-electron chi connectivity index (χ1n) is 5.16. The van der Waals surface area contributed by atoms with Crippen molar-refractivity contribution in [3.63, 3.8) is 0 Å². The van der Waals surface area contributed by atoms with E-state index in [9.17, 15) is 9.59 Å². The predicted molar refractivity (Wildman–Crippen MR) is 62.8 cm³/mol. The standard InChI is InChI=1S/C12H12ClNO2/c1-8-2-3-9(13)6-11(8)14-5-4-10(15)7-12(14)16/h2-3,6H,4-5,7H2,1H3. The van der Waals surface area contributed by atoms with Gasteiger partial charge >= 0.3 is 0 Å². The Bertz CT molecular complexity index is 456. The van der Waals surface area contributed by atoms with Crippen LogP contribution in [0.4, 0.5) is 5.69 Å². The average Bonchev–Trinajstić information content (AvgIpc) is 2.22. The SMILES string of the molecule is Cc1ccc(Cl)cc1N1CCC(=O)CC1=O. The lowest BCUT2D eigenvalue weighted by molar-refractivity contribution is -0.128. The molecule has 16 heavy (non-hydrogen) atoms. The van der Waals surface area contributed by atoms with E-state index in [1.807, 2.05) is 13.0 Å². The number of nitrogens with zero attached hydrogens (tertiary/aromatic N) is 1. The van der Waals surface area contributed by atoms with Crippen LogP contribution in [0.1, 0.15) is 18.4 Å². The summed E-state index contributed by atoms with van der Waals surface area (Å²) >= 11 is 5.91. The van der Waals surface area contributed by atoms with E-state index >= 15 is 0 Å². The topological polar surface area (TPSA) is 37.4 Å². The van der Waals surface area contributed by atoms with Crippen molar-refractivity contribution in [1.29, 1.82) is 0 Å². The number of ketones is 1. The third-order valence-corrected chi connectivity index (χ3v) is 2.96. The Morgan fingerprint density at radius 3 is 2.75 bits per heavy atom. The lowest BCUT2D eigenvalue weighted by Gasteiger charge is -2.27. The fourth-order valence-electron chi connectivity index (χ4n) is 1.84. The van der Waals surface area contributed by atoms with Crippen LogP contribution in [0.3, 0.4) is 0 Å². The van der Waals surface area contributed by atoms with E-state index in [0.29, 0.717) is 18.0 Å². The average molecular weight is 238 g/mol. The molecule has 1 fully saturated rings. The van der Waals surface area contributed by atoms with Gasteiger partial charge in [0, 0.05) is 23.7 Å². The Morgan fingerprint density at radius 1 is 1.31 bits per heavy atom. The molecule has 0 N–H and O–H groups in total. The summed E-state index contributed by atoms with van der Waals surface area (Å²) < 4.78 is 0. The van der Waals surface area contributed by atoms with Crippen LogP contribution in [0, 0.1) is 6.92 Å². The third-order valence-electron chi connectivity index (χ3n) is 2.73. The summed E-state index contributed by atoms with van der Waals surface area (Å²) in [4.78, 5) is 24.5. The zero-order valence-corrected chi connectivity index (χ0v) is 9.75. The van der Waals surface area contributed by atoms with Crippen LogP contribution in [-0.4, -0.2) is 18.2 Å². The Labute approximate surface area is 99.0 Å². The molecule has 0 aromatic heterocycles. The maximum atomic E-state index is 11.7. The fraction of sp³-hybridized carbons (Fsp3) is 0.333. The number of carbonyl (C=O) groups excluding carboxylic acids is 2. The number of hydrogen-bond acceptors (Lipinski definition) is 2. The van der Waals surface area contributed by atoms with E-state index in [1.54, 1.807) is 17.0 Å². The number of piperidine rings is 1. The summed E-state index contributed by atoms with van der Waals surface area (Å²) in [6.45, 7) is 2.38. The molecule has 1 saturated heterocycles. The van der Waals surface area contributed by atoms with E-state index < -0.39 is 0 Å². The lowest BCUT2D eigenvalue weighted by atomic mass is 10.1. The number of benzene rings is 1. The molecule has 0 aliphatic carbocycles. The van der Waals surface area contributed by atoms with Crippen LogP contribution < -0.4 is 4.90 Å². The highest BCUT2D eigenvalue weighted by molar-refractivity contribution is 6.31. The Kier molecular flexibility index (Phi) is 2.97. The van der Waals surface area contributed by atoms with Crippen LogP contribution in [-0.2, 0) is 9.59 Å². The molecule has 0 bridgehead atoms. The first-order chi connectivity index (χ1) is 7.58. The first kappa shape index (κ1) is 11.1. The Balaban J connectivity index is 2.33. The largest absolute Gasteiger partial charge is 0.311 e. The molecule has 0 unspecified atom stereocenters. The molecule has 1 aromatic rings. The van der Waals surface area contributed by atoms with Crippen LogP contribution in [0.15, 0.2) is 18.2 Å². The van der Waals surface area contributed by atoms with Gasteiger partial charge in [-0.25, -0.2) is 0 Å². The van der Waals surface area contributed by atoms with Crippen molar-refractivity contribution in [3.05, 3.63) is 28.8 Å². The molecule has 2 rings (SSSR count). The molecule has 1 aliphatic heterocycles. The zero-order chi connectivity index (χ0) is 11.7. The van der Waals surface area contributed by atoms with Crippen LogP contribution in [0.25, 0.3) is 0 Å². The molecule has 1 aliphatic rings. The van der Waals surface area contributed by atoms with Gasteiger partial charge in [-0.2, -0.15) is 0 Å². The normalized spacial score (nSPS) is 16.8. The van der Waals surface area contributed by atoms with Gasteiger partial charge in [0.15, 0.2) is 0 Å². The quantitative estimate of drug-likeness (QED) is 0.703. The maximum absolute atomic E-state index is 11.7. The number of amides is 1. The van der Waals surface area contributed by atoms with Gasteiger partial charge in [-0.3, -0.25) is 9.59 Å². The molecule has 3 nitrogen and oxygen atoms in total. The summed E-state index contributed by atoms with van der Waals surface area (Å²) in [5.74, 6) is -0.123. The summed E-state index contributed by atoms with van der Waals surface area (Å²) in [6.07, 6.45) is 0.434. The summed E-state index contributed by atoms with van der Waals surface area (Å²) in [6, 6.07) is 5.44. The van der Waals surface area contributed by atoms with Gasteiger partial charge in [0.25, 0.3) is 0 Å². The predicted octanol–water partition coefficient (Wildman–Crippen LogP) is 2.34. The third kappa shape index (κ3) is 2.09. The molecule has 84 valence electrons. The van der Waals surface area contributed by atoms with E-state index in [0.717, 1.165) is 11.3 Å². The molecule has 0 radical (unpaired) electrons. The number of hydrogen-bond donors (Lipinski definition) is 0. The highest BCUT2D eigenvalue weighted by Crippen LogP contribution is 2.26. The van der Waals surface area contributed by atoms with Gasteiger partial charge in [0.05, 0.1) is 6.42 Å². The number of anilines is 1. The summed E-state index contributed by atoms with van der Waals surface area (Å²) in [5.41, 5.74) is 1.80. The molecule has 1 amide bonds. The van der Waals surface area contributed by atoms with Gasteiger partial charge in [-0.1, -0.05) is 17.7 Å². The second kappa shape index (κ2) is 4.26. The van der Waals surface area contributed by atoms with Gasteiger partial charge in [0.2, 0.25) is 5.91 Å². The van der Waals surface area contributed by atoms with Crippen molar-refractivity contribution >= 4 is 29.0 Å². The maximum Gasteiger partial charge on any atom is 0.234 e. The number of aryl methyl sites for hydroxylation is 1. The van der Waals surface area contributed by atoms with Gasteiger partial charge in [-0.15, -0.1) is 0 Å². The molecular weight excluding hydrogens is 226 g/mol. The fourth-order valence-corrected chi connectivity index (χ4v) is 2.01. The van der Waals surface area contributed by atoms with Crippen molar-refractivity contribution in [2.24, 2.45) is 0 Å². The summed E-state index contributed by atoms with van der Waals surface area (Å²) in [5, 5.41) is 0.602. The van der Waals surface area contributed by atoms with Crippen molar-refractivity contribution in [3.8, 4) is 0 Å². The van der Waals surface area contributed by atoms with Gasteiger partial charge in [0.1, 0.15) is 5.78 Å². The highest BCUT2D eigenvalue weighted by atomic mass is 35.5. The van der Waals surface area contributed by atoms with Crippen molar-refractivity contribution < 1.29 is 9.59 Å². The van der Waals surface area contributed by atoms with Crippen LogP contribution in [0.2, 0.25) is 5.02 Å². The number of rotatable bonds is 1. The lowest BCUT2D eigenvalue weighted by Crippen LogP contribution is -2.39. The minimum absolute atomic E-state index is 0.00591. The second-order valence-corrected chi connectivity index (χ2v) is 4.38. The molecule has 1 aromatic carbocycles. The van der Waals surface area contributed by atoms with Crippen LogP contribution in [0.5, 0.6) is 0 Å². The number of halogens is 1. The highest BCUT2D eigenvalue weighted by Gasteiger charge is 2.25. The Morgan fingerprint density at radius 2 is 2.06 bits per heavy atom. The van der Waals surface area contributed by atoms with Crippen molar-refractivity contribution in [2.45, 2.75) is 19.8 Å². The Hall–Kier alpha value is -1.35. The minimum Gasteiger partial charge on any atom is -0.311 e. The van der Waals surface area contributed by atoms with Crippen LogP contribution >= 0.6 is 11.6 Å². The monoisotopic (exact) mass is 237 g/mol. The minimum atomic E-state index is -0.137. The van der Waals surface area contributed by atoms with E-state index in [4.69, 9.17) is 11.6 Å². The molecule has 0 spiro atoms. The molecule has 0 saturated carbocycles. The zero-order valence-electron chi connectivity index (χ0n) is 9.00. The second-order valence-electron chi connectivity index (χ2n) is 3.94. The molecule has 1 heterocycles. The first-order valence-corrected chi connectivity index (χ1v) is 5.54. The van der Waals surface area contributed by atoms with E-state index in [-0.39, 0.29) is 18.1 Å². The molecule has 0 atom stereocenters. The molecular formula is C12H12ClNO2. The number of Topliss-reactive ketones (excluding diaryl/α,β-unsaturated/α-hetero) is 1. The summed E-state index contributed by atoms with van der Waals surface area (Å²) in [7, 11) is 0.